The lowest BCUT2D eigenvalue weighted by atomic mass is 10.1. The van der Waals surface area contributed by atoms with Crippen LogP contribution in [-0.4, -0.2) is 36.4 Å². The van der Waals surface area contributed by atoms with E-state index in [9.17, 15) is 9.59 Å². The van der Waals surface area contributed by atoms with Gasteiger partial charge in [0.2, 0.25) is 11.8 Å². The maximum Gasteiger partial charge on any atom is 0.245 e. The van der Waals surface area contributed by atoms with Gasteiger partial charge in [0.25, 0.3) is 0 Å². The molecule has 1 atom stereocenters. The molecule has 0 spiro atoms. The van der Waals surface area contributed by atoms with Crippen molar-refractivity contribution in [3.63, 3.8) is 0 Å². The third kappa shape index (κ3) is 3.07. The minimum atomic E-state index is -0.473. The second-order valence-corrected chi connectivity index (χ2v) is 5.36. The number of halogens is 1. The van der Waals surface area contributed by atoms with Crippen molar-refractivity contribution in [2.75, 3.05) is 13.7 Å². The Morgan fingerprint density at radius 2 is 2.21 bits per heavy atom. The van der Waals surface area contributed by atoms with E-state index in [2.05, 4.69) is 21.2 Å². The molecule has 0 radical (unpaired) electrons. The predicted molar refractivity (Wildman–Crippen MR) is 73.7 cm³/mol. The Morgan fingerprint density at radius 1 is 1.47 bits per heavy atom. The third-order valence-corrected chi connectivity index (χ3v) is 3.49. The molecular weight excluding hydrogens is 312 g/mol. The molecule has 6 heteroatoms. The number of carbonyl (C=O) groups is 2. The van der Waals surface area contributed by atoms with Crippen LogP contribution in [0.2, 0.25) is 0 Å². The largest absolute Gasteiger partial charge is 0.496 e. The van der Waals surface area contributed by atoms with E-state index in [1.807, 2.05) is 18.2 Å². The number of amides is 2. The molecule has 0 bridgehead atoms. The number of hydrogen-bond acceptors (Lipinski definition) is 3. The standard InChI is InChI=1S/C13H15BrN2O3/c1-8-13(18)16(7-12(17)15-8)6-9-5-10(14)3-4-11(9)19-2/h3-5,8H,6-7H2,1-2H3,(H,15,17). The molecule has 0 saturated carbocycles. The van der Waals surface area contributed by atoms with Crippen molar-refractivity contribution >= 4 is 27.7 Å². The summed E-state index contributed by atoms with van der Waals surface area (Å²) in [7, 11) is 1.58. The lowest BCUT2D eigenvalue weighted by Gasteiger charge is -2.31. The third-order valence-electron chi connectivity index (χ3n) is 3.00. The first-order valence-corrected chi connectivity index (χ1v) is 6.71. The topological polar surface area (TPSA) is 58.6 Å². The molecule has 1 aromatic rings. The Balaban J connectivity index is 2.22. The fourth-order valence-electron chi connectivity index (χ4n) is 2.08. The molecule has 5 nitrogen and oxygen atoms in total. The number of piperazine rings is 1. The zero-order chi connectivity index (χ0) is 14.0. The highest BCUT2D eigenvalue weighted by molar-refractivity contribution is 9.10. The first-order valence-electron chi connectivity index (χ1n) is 5.92. The molecule has 0 aliphatic carbocycles. The highest BCUT2D eigenvalue weighted by Gasteiger charge is 2.29. The summed E-state index contributed by atoms with van der Waals surface area (Å²) in [5.41, 5.74) is 0.868. The quantitative estimate of drug-likeness (QED) is 0.911. The number of ether oxygens (including phenoxy) is 1. The van der Waals surface area contributed by atoms with Crippen molar-refractivity contribution in [3.05, 3.63) is 28.2 Å². The number of rotatable bonds is 3. The van der Waals surface area contributed by atoms with E-state index < -0.39 is 6.04 Å². The molecule has 0 aromatic heterocycles. The molecule has 1 unspecified atom stereocenters. The normalized spacial score (nSPS) is 19.3. The number of hydrogen-bond donors (Lipinski definition) is 1. The van der Waals surface area contributed by atoms with Gasteiger partial charge in [-0.25, -0.2) is 0 Å². The summed E-state index contributed by atoms with van der Waals surface area (Å²) in [5, 5.41) is 2.61. The summed E-state index contributed by atoms with van der Waals surface area (Å²) >= 11 is 3.39. The molecule has 1 aliphatic rings. The van der Waals surface area contributed by atoms with Gasteiger partial charge in [0.05, 0.1) is 13.7 Å². The molecular formula is C13H15BrN2O3. The molecule has 2 rings (SSSR count). The Morgan fingerprint density at radius 3 is 2.89 bits per heavy atom. The average Bonchev–Trinajstić information content (AvgIpc) is 2.35. The van der Waals surface area contributed by atoms with Gasteiger partial charge in [-0.1, -0.05) is 15.9 Å². The first kappa shape index (κ1) is 13.9. The monoisotopic (exact) mass is 326 g/mol. The van der Waals surface area contributed by atoms with Crippen molar-refractivity contribution in [2.45, 2.75) is 19.5 Å². The number of nitrogens with one attached hydrogen (secondary N) is 1. The van der Waals surface area contributed by atoms with Crippen molar-refractivity contribution in [2.24, 2.45) is 0 Å². The number of carbonyl (C=O) groups excluding carboxylic acids is 2. The van der Waals surface area contributed by atoms with Gasteiger partial charge in [-0.2, -0.15) is 0 Å². The average molecular weight is 327 g/mol. The summed E-state index contributed by atoms with van der Waals surface area (Å²) in [6, 6.07) is 5.12. The van der Waals surface area contributed by atoms with Gasteiger partial charge in [-0.15, -0.1) is 0 Å². The van der Waals surface area contributed by atoms with Crippen LogP contribution in [0.15, 0.2) is 22.7 Å². The van der Waals surface area contributed by atoms with E-state index in [0.29, 0.717) is 12.3 Å². The van der Waals surface area contributed by atoms with Crippen molar-refractivity contribution in [1.82, 2.24) is 10.2 Å². The van der Waals surface area contributed by atoms with E-state index in [1.165, 1.54) is 4.90 Å². The predicted octanol–water partition coefficient (Wildman–Crippen LogP) is 1.30. The SMILES string of the molecule is COc1ccc(Br)cc1CN1CC(=O)NC(C)C1=O. The van der Waals surface area contributed by atoms with Gasteiger partial charge in [0.15, 0.2) is 0 Å². The lowest BCUT2D eigenvalue weighted by Crippen LogP contribution is -2.56. The Hall–Kier alpha value is -1.56. The second-order valence-electron chi connectivity index (χ2n) is 4.44. The maximum absolute atomic E-state index is 12.0. The van der Waals surface area contributed by atoms with Gasteiger partial charge in [0, 0.05) is 16.6 Å². The van der Waals surface area contributed by atoms with Crippen LogP contribution in [0.4, 0.5) is 0 Å². The minimum Gasteiger partial charge on any atom is -0.496 e. The van der Waals surface area contributed by atoms with Gasteiger partial charge in [-0.05, 0) is 25.1 Å². The van der Waals surface area contributed by atoms with E-state index in [1.54, 1.807) is 14.0 Å². The second kappa shape index (κ2) is 5.61. The zero-order valence-electron chi connectivity index (χ0n) is 10.8. The van der Waals surface area contributed by atoms with Crippen LogP contribution in [0.25, 0.3) is 0 Å². The summed E-state index contributed by atoms with van der Waals surface area (Å²) in [6.45, 7) is 2.13. The number of methoxy groups -OCH3 is 1. The molecule has 19 heavy (non-hydrogen) atoms. The smallest absolute Gasteiger partial charge is 0.245 e. The molecule has 1 aromatic carbocycles. The zero-order valence-corrected chi connectivity index (χ0v) is 12.4. The molecule has 2 amide bonds. The van der Waals surface area contributed by atoms with E-state index in [0.717, 1.165) is 10.0 Å². The van der Waals surface area contributed by atoms with E-state index in [4.69, 9.17) is 4.74 Å². The minimum absolute atomic E-state index is 0.0818. The molecule has 1 aliphatic heterocycles. The Labute approximate surface area is 120 Å². The van der Waals surface area contributed by atoms with Crippen LogP contribution >= 0.6 is 15.9 Å². The Bertz CT molecular complexity index is 519. The van der Waals surface area contributed by atoms with Gasteiger partial charge in [-0.3, -0.25) is 9.59 Å². The molecule has 1 N–H and O–H groups in total. The number of nitrogens with zero attached hydrogens (tertiary/aromatic N) is 1. The fourth-order valence-corrected chi connectivity index (χ4v) is 2.49. The molecule has 1 saturated heterocycles. The van der Waals surface area contributed by atoms with Crippen LogP contribution in [0.3, 0.4) is 0 Å². The molecule has 1 heterocycles. The summed E-state index contributed by atoms with van der Waals surface area (Å²) in [4.78, 5) is 25.0. The summed E-state index contributed by atoms with van der Waals surface area (Å²) in [6.07, 6.45) is 0. The molecule has 1 fully saturated rings. The van der Waals surface area contributed by atoms with Gasteiger partial charge >= 0.3 is 0 Å². The van der Waals surface area contributed by atoms with Gasteiger partial charge in [0.1, 0.15) is 11.8 Å². The van der Waals surface area contributed by atoms with E-state index in [-0.39, 0.29) is 18.4 Å². The maximum atomic E-state index is 12.0. The summed E-state index contributed by atoms with van der Waals surface area (Å²) < 4.78 is 6.18. The van der Waals surface area contributed by atoms with Gasteiger partial charge < -0.3 is 15.0 Å². The highest BCUT2D eigenvalue weighted by atomic mass is 79.9. The highest BCUT2D eigenvalue weighted by Crippen LogP contribution is 2.24. The fraction of sp³-hybridized carbons (Fsp3) is 0.385. The van der Waals surface area contributed by atoms with Crippen LogP contribution in [0, 0.1) is 0 Å². The first-order chi connectivity index (χ1) is 9.01. The van der Waals surface area contributed by atoms with Crippen molar-refractivity contribution in [1.29, 1.82) is 0 Å². The van der Waals surface area contributed by atoms with Crippen molar-refractivity contribution < 1.29 is 14.3 Å². The summed E-state index contributed by atoms with van der Waals surface area (Å²) in [5.74, 6) is 0.484. The van der Waals surface area contributed by atoms with Crippen LogP contribution in [0.1, 0.15) is 12.5 Å². The lowest BCUT2D eigenvalue weighted by molar-refractivity contribution is -0.144. The van der Waals surface area contributed by atoms with Crippen LogP contribution in [-0.2, 0) is 16.1 Å². The number of benzene rings is 1. The van der Waals surface area contributed by atoms with Crippen molar-refractivity contribution in [3.8, 4) is 5.75 Å². The Kier molecular flexibility index (Phi) is 4.09. The van der Waals surface area contributed by atoms with E-state index >= 15 is 0 Å². The van der Waals surface area contributed by atoms with Crippen LogP contribution < -0.4 is 10.1 Å². The van der Waals surface area contributed by atoms with Crippen LogP contribution in [0.5, 0.6) is 5.75 Å². The molecule has 102 valence electrons.